The van der Waals surface area contributed by atoms with Crippen molar-refractivity contribution in [3.8, 4) is 5.69 Å². The van der Waals surface area contributed by atoms with Gasteiger partial charge in [-0.15, -0.1) is 0 Å². The molecule has 9 heteroatoms. The molecule has 0 N–H and O–H groups in total. The lowest BCUT2D eigenvalue weighted by Crippen LogP contribution is -2.39. The number of amides is 2. The van der Waals surface area contributed by atoms with Crippen LogP contribution in [0.1, 0.15) is 38.0 Å². The lowest BCUT2D eigenvalue weighted by Gasteiger charge is -2.23. The van der Waals surface area contributed by atoms with Crippen molar-refractivity contribution in [2.75, 3.05) is 11.5 Å². The monoisotopic (exact) mass is 595 g/mol. The minimum Gasteiger partial charge on any atom is -0.462 e. The Morgan fingerprint density at radius 2 is 1.34 bits per heavy atom. The number of carbonyl (C=O) groups is 3. The number of hydrogen-bond donors (Lipinski definition) is 0. The second-order valence-electron chi connectivity index (χ2n) is 7.31. The van der Waals surface area contributed by atoms with Crippen molar-refractivity contribution >= 4 is 55.5 Å². The smallest absolute Gasteiger partial charge is 0.343 e. The van der Waals surface area contributed by atoms with Crippen LogP contribution >= 0.6 is 31.9 Å². The molecule has 0 radical (unpaired) electrons. The van der Waals surface area contributed by atoms with Crippen LogP contribution in [0.5, 0.6) is 0 Å². The highest BCUT2D eigenvalue weighted by molar-refractivity contribution is 9.10. The molecule has 2 amide bonds. The number of rotatable bonds is 6. The van der Waals surface area contributed by atoms with Gasteiger partial charge in [-0.05, 0) is 67.6 Å². The van der Waals surface area contributed by atoms with Gasteiger partial charge in [0.15, 0.2) is 5.82 Å². The van der Waals surface area contributed by atoms with Crippen LogP contribution in [-0.2, 0) is 4.74 Å². The van der Waals surface area contributed by atoms with Gasteiger partial charge in [0, 0.05) is 20.1 Å². The van der Waals surface area contributed by atoms with E-state index >= 15 is 0 Å². The van der Waals surface area contributed by atoms with Gasteiger partial charge in [0.1, 0.15) is 5.56 Å². The van der Waals surface area contributed by atoms with E-state index in [0.29, 0.717) is 5.69 Å². The van der Waals surface area contributed by atoms with E-state index in [0.717, 1.165) is 13.8 Å². The fourth-order valence-corrected chi connectivity index (χ4v) is 3.92. The topological polar surface area (TPSA) is 81.5 Å². The molecule has 4 aromatic rings. The molecule has 0 saturated carbocycles. The Morgan fingerprint density at radius 3 is 1.83 bits per heavy atom. The molecule has 7 nitrogen and oxygen atoms in total. The number of esters is 1. The van der Waals surface area contributed by atoms with Gasteiger partial charge in [-0.25, -0.2) is 14.4 Å². The second kappa shape index (κ2) is 10.8. The van der Waals surface area contributed by atoms with E-state index < -0.39 is 17.8 Å². The van der Waals surface area contributed by atoms with Crippen molar-refractivity contribution < 1.29 is 19.1 Å². The molecule has 176 valence electrons. The summed E-state index contributed by atoms with van der Waals surface area (Å²) in [6.07, 6.45) is 1.30. The first kappa shape index (κ1) is 24.6. The Hall–Kier alpha value is -3.56. The van der Waals surface area contributed by atoms with Crippen molar-refractivity contribution in [3.63, 3.8) is 0 Å². The Kier molecular flexibility index (Phi) is 7.57. The lowest BCUT2D eigenvalue weighted by molar-refractivity contribution is 0.0527. The van der Waals surface area contributed by atoms with Crippen molar-refractivity contribution in [1.29, 1.82) is 0 Å². The van der Waals surface area contributed by atoms with E-state index in [-0.39, 0.29) is 29.1 Å². The Bertz CT molecular complexity index is 1310. The molecule has 0 bridgehead atoms. The molecule has 1 aromatic heterocycles. The van der Waals surface area contributed by atoms with Crippen LogP contribution in [-0.4, -0.2) is 34.2 Å². The van der Waals surface area contributed by atoms with Gasteiger partial charge >= 0.3 is 5.97 Å². The Morgan fingerprint density at radius 1 is 0.829 bits per heavy atom. The third-order valence-electron chi connectivity index (χ3n) is 5.04. The van der Waals surface area contributed by atoms with Crippen LogP contribution in [0.3, 0.4) is 0 Å². The molecule has 0 atom stereocenters. The molecule has 0 aliphatic heterocycles. The number of carbonyl (C=O) groups excluding carboxylic acids is 3. The molecule has 4 rings (SSSR count). The zero-order chi connectivity index (χ0) is 24.9. The zero-order valence-electron chi connectivity index (χ0n) is 18.5. The largest absolute Gasteiger partial charge is 0.462 e. The minimum atomic E-state index is -0.693. The lowest BCUT2D eigenvalue weighted by atomic mass is 10.1. The van der Waals surface area contributed by atoms with Crippen LogP contribution in [0.2, 0.25) is 0 Å². The molecule has 0 fully saturated rings. The molecule has 0 spiro atoms. The van der Waals surface area contributed by atoms with Gasteiger partial charge in [0.25, 0.3) is 11.8 Å². The maximum atomic E-state index is 13.8. The Balaban J connectivity index is 1.95. The molecule has 35 heavy (non-hydrogen) atoms. The Labute approximate surface area is 218 Å². The summed E-state index contributed by atoms with van der Waals surface area (Å²) in [5.41, 5.74) is 1.07. The van der Waals surface area contributed by atoms with Gasteiger partial charge < -0.3 is 4.74 Å². The van der Waals surface area contributed by atoms with E-state index in [1.807, 2.05) is 6.07 Å². The molecular formula is C26H19Br2N3O4. The number of nitrogens with zero attached hydrogens (tertiary/aromatic N) is 3. The summed E-state index contributed by atoms with van der Waals surface area (Å²) in [4.78, 5) is 41.5. The summed E-state index contributed by atoms with van der Waals surface area (Å²) in [5.74, 6) is -1.93. The SMILES string of the molecule is CCOC(=O)c1cnn(-c2ccccc2)c1N(C(=O)c1ccc(Br)cc1)C(=O)c1ccc(Br)cc1. The number of aromatic nitrogens is 2. The highest BCUT2D eigenvalue weighted by Gasteiger charge is 2.34. The van der Waals surface area contributed by atoms with Crippen molar-refractivity contribution in [1.82, 2.24) is 9.78 Å². The number of ether oxygens (including phenoxy) is 1. The third kappa shape index (κ3) is 5.26. The summed E-state index contributed by atoms with van der Waals surface area (Å²) < 4.78 is 8.16. The van der Waals surface area contributed by atoms with E-state index in [9.17, 15) is 14.4 Å². The van der Waals surface area contributed by atoms with Crippen molar-refractivity contribution in [3.05, 3.63) is 111 Å². The minimum absolute atomic E-state index is 0.00418. The maximum absolute atomic E-state index is 13.8. The van der Waals surface area contributed by atoms with Crippen LogP contribution in [0, 0.1) is 0 Å². The fraction of sp³-hybridized carbons (Fsp3) is 0.0769. The molecule has 1 heterocycles. The first-order valence-corrected chi connectivity index (χ1v) is 12.2. The quantitative estimate of drug-likeness (QED) is 0.200. The highest BCUT2D eigenvalue weighted by atomic mass is 79.9. The molecule has 0 aliphatic carbocycles. The standard InChI is InChI=1S/C26H19Br2N3O4/c1-2-35-26(34)22-16-29-31(21-6-4-3-5-7-21)23(22)30(24(32)17-8-12-19(27)13-9-17)25(33)18-10-14-20(28)15-11-18/h3-16H,2H2,1H3. The van der Waals surface area contributed by atoms with Gasteiger partial charge in [0.2, 0.25) is 0 Å². The highest BCUT2D eigenvalue weighted by Crippen LogP contribution is 2.29. The van der Waals surface area contributed by atoms with Gasteiger partial charge in [0.05, 0.1) is 18.5 Å². The van der Waals surface area contributed by atoms with Crippen LogP contribution in [0.4, 0.5) is 5.82 Å². The number of hydrogen-bond acceptors (Lipinski definition) is 5. The van der Waals surface area contributed by atoms with Crippen LogP contribution < -0.4 is 4.90 Å². The maximum Gasteiger partial charge on any atom is 0.343 e. The van der Waals surface area contributed by atoms with Crippen molar-refractivity contribution in [2.45, 2.75) is 6.92 Å². The molecule has 0 unspecified atom stereocenters. The number of anilines is 1. The first-order chi connectivity index (χ1) is 16.9. The molecule has 0 saturated heterocycles. The zero-order valence-corrected chi connectivity index (χ0v) is 21.7. The summed E-state index contributed by atoms with van der Waals surface area (Å²) in [5, 5.41) is 4.35. The van der Waals surface area contributed by atoms with Crippen LogP contribution in [0.15, 0.2) is 94.0 Å². The third-order valence-corrected chi connectivity index (χ3v) is 6.10. The van der Waals surface area contributed by atoms with E-state index in [1.165, 1.54) is 10.9 Å². The summed E-state index contributed by atoms with van der Waals surface area (Å²) >= 11 is 6.72. The van der Waals surface area contributed by atoms with Gasteiger partial charge in [-0.1, -0.05) is 50.1 Å². The molecular weight excluding hydrogens is 578 g/mol. The van der Waals surface area contributed by atoms with E-state index in [1.54, 1.807) is 79.7 Å². The number of halogens is 2. The number of imide groups is 1. The van der Waals surface area contributed by atoms with E-state index in [4.69, 9.17) is 4.74 Å². The average molecular weight is 597 g/mol. The fourth-order valence-electron chi connectivity index (χ4n) is 3.40. The summed E-state index contributed by atoms with van der Waals surface area (Å²) in [6.45, 7) is 1.80. The first-order valence-electron chi connectivity index (χ1n) is 10.6. The number of para-hydroxylation sites is 1. The molecule has 3 aromatic carbocycles. The van der Waals surface area contributed by atoms with Gasteiger partial charge in [-0.3, -0.25) is 9.59 Å². The van der Waals surface area contributed by atoms with Crippen LogP contribution in [0.25, 0.3) is 5.69 Å². The number of benzene rings is 3. The summed E-state index contributed by atoms with van der Waals surface area (Å²) in [6, 6.07) is 22.2. The average Bonchev–Trinajstić information content (AvgIpc) is 3.30. The molecule has 0 aliphatic rings. The second-order valence-corrected chi connectivity index (χ2v) is 9.14. The normalized spacial score (nSPS) is 10.6. The predicted molar refractivity (Wildman–Crippen MR) is 139 cm³/mol. The predicted octanol–water partition coefficient (Wildman–Crippen LogP) is 6.06. The summed E-state index contributed by atoms with van der Waals surface area (Å²) in [7, 11) is 0. The van der Waals surface area contributed by atoms with Crippen molar-refractivity contribution in [2.24, 2.45) is 0 Å². The van der Waals surface area contributed by atoms with Gasteiger partial charge in [-0.2, -0.15) is 5.10 Å². The van der Waals surface area contributed by atoms with E-state index in [2.05, 4.69) is 37.0 Å².